The Morgan fingerprint density at radius 2 is 1.91 bits per heavy atom. The third-order valence-corrected chi connectivity index (χ3v) is 5.82. The number of morpholine rings is 1. The standard InChI is InChI=1S/C24H25N5O4/c1-17(18-6-3-2-4-7-18)29-23(25-26-27-29)16-32-22-9-5-8-20-21(30)14-19(33-24(20)22)15-28-10-12-31-13-11-28/h2-9,14,17H,10-13,15-16H2,1H3. The van der Waals surface area contributed by atoms with Gasteiger partial charge in [-0.05, 0) is 35.0 Å². The quantitative estimate of drug-likeness (QED) is 0.427. The summed E-state index contributed by atoms with van der Waals surface area (Å²) in [6.45, 7) is 5.70. The number of ether oxygens (including phenoxy) is 2. The summed E-state index contributed by atoms with van der Waals surface area (Å²) in [5.74, 6) is 1.67. The van der Waals surface area contributed by atoms with Gasteiger partial charge in [-0.15, -0.1) is 5.10 Å². The highest BCUT2D eigenvalue weighted by molar-refractivity contribution is 5.82. The summed E-state index contributed by atoms with van der Waals surface area (Å²) in [6.07, 6.45) is 0. The Labute approximate surface area is 190 Å². The summed E-state index contributed by atoms with van der Waals surface area (Å²) >= 11 is 0. The first-order chi connectivity index (χ1) is 16.2. The second-order valence-corrected chi connectivity index (χ2v) is 8.01. The normalized spacial score (nSPS) is 15.5. The number of benzene rings is 2. The molecule has 0 spiro atoms. The molecule has 1 unspecified atom stereocenters. The average molecular weight is 447 g/mol. The molecule has 1 fully saturated rings. The molecule has 3 heterocycles. The molecule has 1 aliphatic rings. The summed E-state index contributed by atoms with van der Waals surface area (Å²) in [6, 6.07) is 16.8. The highest BCUT2D eigenvalue weighted by atomic mass is 16.5. The van der Waals surface area contributed by atoms with Crippen molar-refractivity contribution in [2.24, 2.45) is 0 Å². The minimum Gasteiger partial charge on any atom is -0.482 e. The molecule has 9 nitrogen and oxygen atoms in total. The van der Waals surface area contributed by atoms with E-state index in [4.69, 9.17) is 13.9 Å². The third-order valence-electron chi connectivity index (χ3n) is 5.82. The van der Waals surface area contributed by atoms with Gasteiger partial charge in [0.1, 0.15) is 12.4 Å². The molecular formula is C24H25N5O4. The molecular weight excluding hydrogens is 422 g/mol. The fourth-order valence-corrected chi connectivity index (χ4v) is 3.99. The minimum absolute atomic E-state index is 0.0506. The van der Waals surface area contributed by atoms with E-state index in [9.17, 15) is 4.79 Å². The molecule has 0 radical (unpaired) electrons. The van der Waals surface area contributed by atoms with Crippen molar-refractivity contribution >= 4 is 11.0 Å². The summed E-state index contributed by atoms with van der Waals surface area (Å²) in [5, 5.41) is 12.6. The van der Waals surface area contributed by atoms with E-state index in [0.29, 0.717) is 48.1 Å². The molecule has 0 amide bonds. The van der Waals surface area contributed by atoms with Crippen molar-refractivity contribution in [2.75, 3.05) is 26.3 Å². The van der Waals surface area contributed by atoms with Crippen LogP contribution in [0.1, 0.15) is 30.1 Å². The van der Waals surface area contributed by atoms with Crippen LogP contribution in [0.3, 0.4) is 0 Å². The van der Waals surface area contributed by atoms with Crippen LogP contribution in [0.25, 0.3) is 11.0 Å². The predicted molar refractivity (Wildman–Crippen MR) is 121 cm³/mol. The third kappa shape index (κ3) is 4.64. The van der Waals surface area contributed by atoms with E-state index in [0.717, 1.165) is 18.7 Å². The van der Waals surface area contributed by atoms with Crippen LogP contribution in [0.2, 0.25) is 0 Å². The van der Waals surface area contributed by atoms with Crippen molar-refractivity contribution in [3.8, 4) is 5.75 Å². The van der Waals surface area contributed by atoms with E-state index in [-0.39, 0.29) is 18.1 Å². The van der Waals surface area contributed by atoms with Crippen molar-refractivity contribution in [3.05, 3.63) is 82.0 Å². The fourth-order valence-electron chi connectivity index (χ4n) is 3.99. The van der Waals surface area contributed by atoms with E-state index in [1.165, 1.54) is 0 Å². The topological polar surface area (TPSA) is 95.5 Å². The van der Waals surface area contributed by atoms with Crippen LogP contribution in [-0.2, 0) is 17.9 Å². The second kappa shape index (κ2) is 9.51. The molecule has 2 aromatic carbocycles. The number of fused-ring (bicyclic) bond motifs is 1. The zero-order chi connectivity index (χ0) is 22.6. The number of tetrazole rings is 1. The lowest BCUT2D eigenvalue weighted by atomic mass is 10.1. The molecule has 4 aromatic rings. The molecule has 0 bridgehead atoms. The molecule has 5 rings (SSSR count). The maximum Gasteiger partial charge on any atom is 0.193 e. The number of hydrogen-bond donors (Lipinski definition) is 0. The van der Waals surface area contributed by atoms with Crippen LogP contribution in [0, 0.1) is 0 Å². The number of aromatic nitrogens is 4. The SMILES string of the molecule is CC(c1ccccc1)n1nnnc1COc1cccc2c(=O)cc(CN3CCOCC3)oc12. The Morgan fingerprint density at radius 3 is 2.73 bits per heavy atom. The van der Waals surface area contributed by atoms with Crippen LogP contribution in [-0.4, -0.2) is 51.4 Å². The second-order valence-electron chi connectivity index (χ2n) is 8.01. The molecule has 0 N–H and O–H groups in total. The van der Waals surface area contributed by atoms with Gasteiger partial charge in [-0.1, -0.05) is 36.4 Å². The van der Waals surface area contributed by atoms with Gasteiger partial charge >= 0.3 is 0 Å². The van der Waals surface area contributed by atoms with Crippen LogP contribution in [0.5, 0.6) is 5.75 Å². The Morgan fingerprint density at radius 1 is 1.09 bits per heavy atom. The maximum absolute atomic E-state index is 12.7. The van der Waals surface area contributed by atoms with Crippen LogP contribution in [0.15, 0.2) is 63.8 Å². The van der Waals surface area contributed by atoms with Gasteiger partial charge in [-0.2, -0.15) is 0 Å². The van der Waals surface area contributed by atoms with E-state index >= 15 is 0 Å². The zero-order valence-corrected chi connectivity index (χ0v) is 18.4. The van der Waals surface area contributed by atoms with Crippen molar-refractivity contribution in [2.45, 2.75) is 26.1 Å². The molecule has 9 heteroatoms. The van der Waals surface area contributed by atoms with Gasteiger partial charge in [0.05, 0.1) is 31.2 Å². The number of nitrogens with zero attached hydrogens (tertiary/aromatic N) is 5. The predicted octanol–water partition coefficient (Wildman–Crippen LogP) is 2.80. The van der Waals surface area contributed by atoms with Crippen LogP contribution >= 0.6 is 0 Å². The first-order valence-electron chi connectivity index (χ1n) is 11.0. The summed E-state index contributed by atoms with van der Waals surface area (Å²) in [4.78, 5) is 14.9. The van der Waals surface area contributed by atoms with Gasteiger partial charge < -0.3 is 13.9 Å². The highest BCUT2D eigenvalue weighted by Crippen LogP contribution is 2.26. The summed E-state index contributed by atoms with van der Waals surface area (Å²) in [7, 11) is 0. The van der Waals surface area contributed by atoms with Crippen molar-refractivity contribution in [1.29, 1.82) is 0 Å². The van der Waals surface area contributed by atoms with Crippen molar-refractivity contribution in [1.82, 2.24) is 25.1 Å². The maximum atomic E-state index is 12.7. The monoisotopic (exact) mass is 447 g/mol. The molecule has 1 aliphatic heterocycles. The van der Waals surface area contributed by atoms with Crippen molar-refractivity contribution in [3.63, 3.8) is 0 Å². The molecule has 1 saturated heterocycles. The van der Waals surface area contributed by atoms with E-state index in [1.54, 1.807) is 28.9 Å². The summed E-state index contributed by atoms with van der Waals surface area (Å²) in [5.41, 5.74) is 1.44. The Kier molecular flexibility index (Phi) is 6.14. The molecule has 2 aromatic heterocycles. The smallest absolute Gasteiger partial charge is 0.193 e. The Bertz CT molecular complexity index is 1280. The largest absolute Gasteiger partial charge is 0.482 e. The average Bonchev–Trinajstić information content (AvgIpc) is 3.32. The number of para-hydroxylation sites is 1. The van der Waals surface area contributed by atoms with Crippen molar-refractivity contribution < 1.29 is 13.9 Å². The van der Waals surface area contributed by atoms with Gasteiger partial charge in [-0.25, -0.2) is 4.68 Å². The van der Waals surface area contributed by atoms with Gasteiger partial charge in [0.2, 0.25) is 0 Å². The van der Waals surface area contributed by atoms with Crippen LogP contribution < -0.4 is 10.2 Å². The van der Waals surface area contributed by atoms with Gasteiger partial charge in [0.15, 0.2) is 22.6 Å². The first kappa shape index (κ1) is 21.3. The van der Waals surface area contributed by atoms with Gasteiger partial charge in [0, 0.05) is 19.2 Å². The molecule has 0 saturated carbocycles. The lowest BCUT2D eigenvalue weighted by molar-refractivity contribution is 0.0313. The molecule has 33 heavy (non-hydrogen) atoms. The zero-order valence-electron chi connectivity index (χ0n) is 18.4. The van der Waals surface area contributed by atoms with Crippen LogP contribution in [0.4, 0.5) is 0 Å². The molecule has 170 valence electrons. The molecule has 1 atom stereocenters. The van der Waals surface area contributed by atoms with Gasteiger partial charge in [0.25, 0.3) is 0 Å². The minimum atomic E-state index is -0.0903. The van der Waals surface area contributed by atoms with E-state index < -0.39 is 0 Å². The lowest BCUT2D eigenvalue weighted by Gasteiger charge is -2.25. The Balaban J connectivity index is 1.38. The fraction of sp³-hybridized carbons (Fsp3) is 0.333. The number of rotatable bonds is 7. The highest BCUT2D eigenvalue weighted by Gasteiger charge is 2.18. The molecule has 0 aliphatic carbocycles. The summed E-state index contributed by atoms with van der Waals surface area (Å²) < 4.78 is 19.3. The Hall–Kier alpha value is -3.56. The van der Waals surface area contributed by atoms with E-state index in [2.05, 4.69) is 20.4 Å². The first-order valence-corrected chi connectivity index (χ1v) is 11.0. The van der Waals surface area contributed by atoms with Gasteiger partial charge in [-0.3, -0.25) is 9.69 Å². The van der Waals surface area contributed by atoms with E-state index in [1.807, 2.05) is 37.3 Å². The lowest BCUT2D eigenvalue weighted by Crippen LogP contribution is -2.35. The number of hydrogen-bond acceptors (Lipinski definition) is 8.